The minimum absolute atomic E-state index is 0.0943. The Kier molecular flexibility index (Phi) is 5.66. The van der Waals surface area contributed by atoms with Crippen LogP contribution in [0, 0.1) is 11.3 Å². The Morgan fingerprint density at radius 2 is 2.04 bits per heavy atom. The molecule has 1 aromatic rings. The molecule has 0 aliphatic carbocycles. The molecular formula is C20H25N3O. The summed E-state index contributed by atoms with van der Waals surface area (Å²) in [6, 6.07) is 9.82. The second-order valence-corrected chi connectivity index (χ2v) is 6.76. The quantitative estimate of drug-likeness (QED) is 0.800. The second-order valence-electron chi connectivity index (χ2n) is 6.76. The summed E-state index contributed by atoms with van der Waals surface area (Å²) in [4.78, 5) is 17.1. The topological polar surface area (TPSA) is 47.3 Å². The first-order valence-electron chi connectivity index (χ1n) is 8.97. The zero-order chi connectivity index (χ0) is 16.8. The largest absolute Gasteiger partial charge is 0.335 e. The van der Waals surface area contributed by atoms with Crippen molar-refractivity contribution in [1.29, 1.82) is 5.26 Å². The van der Waals surface area contributed by atoms with Crippen LogP contribution in [0.3, 0.4) is 0 Å². The minimum Gasteiger partial charge on any atom is -0.335 e. The van der Waals surface area contributed by atoms with E-state index < -0.39 is 0 Å². The lowest BCUT2D eigenvalue weighted by molar-refractivity contribution is -0.127. The molecule has 0 radical (unpaired) electrons. The normalized spacial score (nSPS) is 22.0. The molecule has 0 saturated carbocycles. The van der Waals surface area contributed by atoms with E-state index in [4.69, 9.17) is 5.26 Å². The highest BCUT2D eigenvalue weighted by molar-refractivity contribution is 5.92. The first-order valence-corrected chi connectivity index (χ1v) is 8.97. The van der Waals surface area contributed by atoms with E-state index in [0.29, 0.717) is 11.6 Å². The van der Waals surface area contributed by atoms with Crippen molar-refractivity contribution in [3.05, 3.63) is 41.5 Å². The number of nitrogens with zero attached hydrogens (tertiary/aromatic N) is 3. The molecule has 1 amide bonds. The van der Waals surface area contributed by atoms with Crippen LogP contribution in [0.1, 0.15) is 43.2 Å². The SMILES string of the molecule is N#Cc1cccc(/C=C/C(=O)N2CCCC2CN2CCCCC2)c1. The van der Waals surface area contributed by atoms with Crippen LogP contribution in [0.25, 0.3) is 6.08 Å². The average Bonchev–Trinajstić information content (AvgIpc) is 3.09. The summed E-state index contributed by atoms with van der Waals surface area (Å²) in [5, 5.41) is 8.95. The number of amides is 1. The van der Waals surface area contributed by atoms with Crippen molar-refractivity contribution in [2.75, 3.05) is 26.2 Å². The molecule has 2 saturated heterocycles. The fraction of sp³-hybridized carbons (Fsp3) is 0.500. The Labute approximate surface area is 144 Å². The van der Waals surface area contributed by atoms with E-state index in [0.717, 1.165) is 31.5 Å². The minimum atomic E-state index is 0.0943. The predicted molar refractivity (Wildman–Crippen MR) is 95.2 cm³/mol. The molecule has 2 fully saturated rings. The average molecular weight is 323 g/mol. The third-order valence-electron chi connectivity index (χ3n) is 5.01. The third-order valence-corrected chi connectivity index (χ3v) is 5.01. The van der Waals surface area contributed by atoms with Crippen molar-refractivity contribution >= 4 is 12.0 Å². The smallest absolute Gasteiger partial charge is 0.246 e. The monoisotopic (exact) mass is 323 g/mol. The molecule has 0 N–H and O–H groups in total. The number of carbonyl (C=O) groups is 1. The van der Waals surface area contributed by atoms with Crippen LogP contribution in [-0.4, -0.2) is 47.9 Å². The Bertz CT molecular complexity index is 641. The lowest BCUT2D eigenvalue weighted by atomic mass is 10.1. The summed E-state index contributed by atoms with van der Waals surface area (Å²) in [5.41, 5.74) is 1.52. The fourth-order valence-electron chi connectivity index (χ4n) is 3.73. The highest BCUT2D eigenvalue weighted by atomic mass is 16.2. The van der Waals surface area contributed by atoms with Crippen LogP contribution >= 0.6 is 0 Å². The van der Waals surface area contributed by atoms with E-state index in [1.54, 1.807) is 18.2 Å². The molecule has 2 heterocycles. The maximum atomic E-state index is 12.6. The van der Waals surface area contributed by atoms with Crippen molar-refractivity contribution in [1.82, 2.24) is 9.80 Å². The van der Waals surface area contributed by atoms with Gasteiger partial charge in [0.25, 0.3) is 0 Å². The van der Waals surface area contributed by atoms with Gasteiger partial charge in [-0.1, -0.05) is 18.6 Å². The van der Waals surface area contributed by atoms with Crippen molar-refractivity contribution in [3.8, 4) is 6.07 Å². The Morgan fingerprint density at radius 3 is 2.83 bits per heavy atom. The van der Waals surface area contributed by atoms with E-state index in [2.05, 4.69) is 11.0 Å². The van der Waals surface area contributed by atoms with Gasteiger partial charge in [0.2, 0.25) is 5.91 Å². The molecule has 0 aromatic heterocycles. The van der Waals surface area contributed by atoms with Crippen LogP contribution < -0.4 is 0 Å². The van der Waals surface area contributed by atoms with E-state index >= 15 is 0 Å². The van der Waals surface area contributed by atoms with Gasteiger partial charge in [-0.05, 0) is 62.5 Å². The molecule has 0 spiro atoms. The van der Waals surface area contributed by atoms with Crippen LogP contribution in [0.15, 0.2) is 30.3 Å². The van der Waals surface area contributed by atoms with Gasteiger partial charge in [-0.3, -0.25) is 4.79 Å². The van der Waals surface area contributed by atoms with Gasteiger partial charge in [0.05, 0.1) is 11.6 Å². The molecule has 2 aliphatic heterocycles. The summed E-state index contributed by atoms with van der Waals surface area (Å²) in [6.07, 6.45) is 9.60. The Morgan fingerprint density at radius 1 is 1.21 bits per heavy atom. The van der Waals surface area contributed by atoms with Crippen LogP contribution in [0.2, 0.25) is 0 Å². The van der Waals surface area contributed by atoms with Gasteiger partial charge >= 0.3 is 0 Å². The highest BCUT2D eigenvalue weighted by Crippen LogP contribution is 2.21. The molecule has 2 aliphatic rings. The number of likely N-dealkylation sites (tertiary alicyclic amines) is 2. The zero-order valence-electron chi connectivity index (χ0n) is 14.2. The van der Waals surface area contributed by atoms with Gasteiger partial charge in [-0.25, -0.2) is 0 Å². The summed E-state index contributed by atoms with van der Waals surface area (Å²) in [7, 11) is 0. The second kappa shape index (κ2) is 8.12. The van der Waals surface area contributed by atoms with E-state index in [1.807, 2.05) is 23.1 Å². The molecule has 24 heavy (non-hydrogen) atoms. The van der Waals surface area contributed by atoms with Gasteiger partial charge in [-0.2, -0.15) is 5.26 Å². The molecule has 1 aromatic carbocycles. The first-order chi connectivity index (χ1) is 11.8. The van der Waals surface area contributed by atoms with Crippen molar-refractivity contribution in [2.45, 2.75) is 38.1 Å². The number of piperidine rings is 1. The maximum absolute atomic E-state index is 12.6. The molecule has 3 rings (SSSR count). The van der Waals surface area contributed by atoms with E-state index in [1.165, 1.54) is 32.4 Å². The number of benzene rings is 1. The lowest BCUT2D eigenvalue weighted by Crippen LogP contribution is -2.44. The molecular weight excluding hydrogens is 298 g/mol. The molecule has 126 valence electrons. The number of hydrogen-bond acceptors (Lipinski definition) is 3. The van der Waals surface area contributed by atoms with Gasteiger partial charge in [0.1, 0.15) is 0 Å². The lowest BCUT2D eigenvalue weighted by Gasteiger charge is -2.32. The fourth-order valence-corrected chi connectivity index (χ4v) is 3.73. The molecule has 4 heteroatoms. The van der Waals surface area contributed by atoms with Crippen molar-refractivity contribution < 1.29 is 4.79 Å². The third kappa shape index (κ3) is 4.24. The van der Waals surface area contributed by atoms with Crippen LogP contribution in [-0.2, 0) is 4.79 Å². The number of carbonyl (C=O) groups excluding carboxylic acids is 1. The van der Waals surface area contributed by atoms with E-state index in [-0.39, 0.29) is 5.91 Å². The van der Waals surface area contributed by atoms with Crippen LogP contribution in [0.5, 0.6) is 0 Å². The van der Waals surface area contributed by atoms with Gasteiger partial charge in [0.15, 0.2) is 0 Å². The Balaban J connectivity index is 1.60. The number of rotatable bonds is 4. The summed E-state index contributed by atoms with van der Waals surface area (Å²) < 4.78 is 0. The molecule has 4 nitrogen and oxygen atoms in total. The Hall–Kier alpha value is -2.12. The van der Waals surface area contributed by atoms with Crippen LogP contribution in [0.4, 0.5) is 0 Å². The van der Waals surface area contributed by atoms with Gasteiger partial charge in [0, 0.05) is 25.2 Å². The first kappa shape index (κ1) is 16.7. The standard InChI is InChI=1S/C20H25N3O/c21-15-18-7-4-6-17(14-18)9-10-20(24)23-13-5-8-19(23)16-22-11-2-1-3-12-22/h4,6-7,9-10,14,19H,1-3,5,8,11-13,16H2/b10-9+. The number of hydrogen-bond donors (Lipinski definition) is 0. The number of nitriles is 1. The maximum Gasteiger partial charge on any atom is 0.246 e. The zero-order valence-corrected chi connectivity index (χ0v) is 14.2. The van der Waals surface area contributed by atoms with Crippen molar-refractivity contribution in [2.24, 2.45) is 0 Å². The summed E-state index contributed by atoms with van der Waals surface area (Å²) in [5.74, 6) is 0.0943. The van der Waals surface area contributed by atoms with Crippen molar-refractivity contribution in [3.63, 3.8) is 0 Å². The summed E-state index contributed by atoms with van der Waals surface area (Å²) >= 11 is 0. The summed E-state index contributed by atoms with van der Waals surface area (Å²) in [6.45, 7) is 4.23. The van der Waals surface area contributed by atoms with Gasteiger partial charge in [-0.15, -0.1) is 0 Å². The predicted octanol–water partition coefficient (Wildman–Crippen LogP) is 3.05. The van der Waals surface area contributed by atoms with Gasteiger partial charge < -0.3 is 9.80 Å². The molecule has 1 unspecified atom stereocenters. The van der Waals surface area contributed by atoms with E-state index in [9.17, 15) is 4.79 Å². The molecule has 0 bridgehead atoms. The molecule has 1 atom stereocenters. The highest BCUT2D eigenvalue weighted by Gasteiger charge is 2.29.